The number of rotatable bonds is 4. The Hall–Kier alpha value is -3.88. The van der Waals surface area contributed by atoms with Gasteiger partial charge in [-0.15, -0.1) is 0 Å². The molecule has 4 N–H and O–H groups in total. The van der Waals surface area contributed by atoms with Crippen molar-refractivity contribution in [2.24, 2.45) is 7.05 Å². The molecular formula is C17H15N7O2. The number of anilines is 1. The molecule has 0 unspecified atom stereocenters. The van der Waals surface area contributed by atoms with Crippen LogP contribution >= 0.6 is 0 Å². The highest BCUT2D eigenvalue weighted by atomic mass is 16.1. The van der Waals surface area contributed by atoms with Gasteiger partial charge in [-0.3, -0.25) is 29.6 Å². The molecule has 130 valence electrons. The zero-order valence-corrected chi connectivity index (χ0v) is 13.8. The van der Waals surface area contributed by atoms with Crippen LogP contribution in [0.2, 0.25) is 0 Å². The number of aryl methyl sites for hydroxylation is 1. The number of aromatic nitrogens is 6. The van der Waals surface area contributed by atoms with E-state index in [1.807, 2.05) is 12.1 Å². The third-order valence-corrected chi connectivity index (χ3v) is 3.90. The van der Waals surface area contributed by atoms with E-state index in [1.165, 1.54) is 12.3 Å². The van der Waals surface area contributed by atoms with E-state index in [-0.39, 0.29) is 11.5 Å². The van der Waals surface area contributed by atoms with E-state index in [0.29, 0.717) is 28.3 Å². The van der Waals surface area contributed by atoms with Crippen LogP contribution in [-0.2, 0) is 7.05 Å². The summed E-state index contributed by atoms with van der Waals surface area (Å²) < 4.78 is 1.65. The van der Waals surface area contributed by atoms with Gasteiger partial charge in [0.2, 0.25) is 0 Å². The minimum absolute atomic E-state index is 0.195. The molecule has 0 aliphatic rings. The average Bonchev–Trinajstić information content (AvgIpc) is 3.35. The monoisotopic (exact) mass is 349 g/mol. The van der Waals surface area contributed by atoms with E-state index in [2.05, 4.69) is 30.8 Å². The van der Waals surface area contributed by atoms with Gasteiger partial charge in [-0.1, -0.05) is 12.1 Å². The van der Waals surface area contributed by atoms with Crippen LogP contribution in [0.3, 0.4) is 0 Å². The highest BCUT2D eigenvalue weighted by Crippen LogP contribution is 2.22. The van der Waals surface area contributed by atoms with Crippen molar-refractivity contribution in [2.45, 2.75) is 0 Å². The molecule has 1 aromatic carbocycles. The summed E-state index contributed by atoms with van der Waals surface area (Å²) >= 11 is 0. The summed E-state index contributed by atoms with van der Waals surface area (Å²) in [6.45, 7) is 0. The van der Waals surface area contributed by atoms with Gasteiger partial charge >= 0.3 is 0 Å². The number of carbonyl (C=O) groups excluding carboxylic acids is 1. The highest BCUT2D eigenvalue weighted by Gasteiger charge is 2.17. The van der Waals surface area contributed by atoms with Crippen LogP contribution in [0.5, 0.6) is 0 Å². The summed E-state index contributed by atoms with van der Waals surface area (Å²) in [6, 6.07) is 10.4. The Balaban J connectivity index is 1.54. The van der Waals surface area contributed by atoms with Crippen molar-refractivity contribution in [3.05, 3.63) is 64.7 Å². The van der Waals surface area contributed by atoms with Crippen LogP contribution < -0.4 is 10.9 Å². The molecule has 9 nitrogen and oxygen atoms in total. The second-order valence-corrected chi connectivity index (χ2v) is 5.74. The van der Waals surface area contributed by atoms with Gasteiger partial charge in [0.25, 0.3) is 11.5 Å². The van der Waals surface area contributed by atoms with Crippen molar-refractivity contribution in [2.75, 3.05) is 5.32 Å². The van der Waals surface area contributed by atoms with Crippen molar-refractivity contribution >= 4 is 11.6 Å². The van der Waals surface area contributed by atoms with E-state index in [9.17, 15) is 9.59 Å². The molecule has 0 aliphatic heterocycles. The number of nitrogens with zero attached hydrogens (tertiary/aromatic N) is 3. The molecule has 0 saturated heterocycles. The van der Waals surface area contributed by atoms with Crippen LogP contribution in [0.1, 0.15) is 10.4 Å². The summed E-state index contributed by atoms with van der Waals surface area (Å²) in [4.78, 5) is 23.8. The van der Waals surface area contributed by atoms with Gasteiger partial charge < -0.3 is 5.32 Å². The van der Waals surface area contributed by atoms with Crippen molar-refractivity contribution in [3.63, 3.8) is 0 Å². The number of hydrogen-bond acceptors (Lipinski definition) is 4. The lowest BCUT2D eigenvalue weighted by molar-refractivity contribution is 0.102. The molecule has 0 saturated carbocycles. The summed E-state index contributed by atoms with van der Waals surface area (Å²) in [5.74, 6) is -0.290. The fourth-order valence-electron chi connectivity index (χ4n) is 2.62. The Labute approximate surface area is 147 Å². The Morgan fingerprint density at radius 3 is 2.62 bits per heavy atom. The Kier molecular flexibility index (Phi) is 3.73. The third-order valence-electron chi connectivity index (χ3n) is 3.90. The molecule has 4 aromatic rings. The maximum Gasteiger partial charge on any atom is 0.264 e. The molecule has 1 amide bonds. The van der Waals surface area contributed by atoms with Gasteiger partial charge in [0.15, 0.2) is 0 Å². The number of amides is 1. The van der Waals surface area contributed by atoms with E-state index in [1.54, 1.807) is 36.1 Å². The first kappa shape index (κ1) is 15.6. The zero-order chi connectivity index (χ0) is 18.1. The second-order valence-electron chi connectivity index (χ2n) is 5.74. The van der Waals surface area contributed by atoms with Crippen molar-refractivity contribution in [1.29, 1.82) is 0 Å². The Morgan fingerprint density at radius 1 is 1.15 bits per heavy atom. The average molecular weight is 349 g/mol. The lowest BCUT2D eigenvalue weighted by Gasteiger charge is -2.06. The second kappa shape index (κ2) is 6.20. The highest BCUT2D eigenvalue weighted by molar-refractivity contribution is 6.07. The van der Waals surface area contributed by atoms with Gasteiger partial charge in [-0.25, -0.2) is 0 Å². The zero-order valence-electron chi connectivity index (χ0n) is 13.8. The van der Waals surface area contributed by atoms with E-state index in [0.717, 1.165) is 5.56 Å². The normalized spacial score (nSPS) is 10.8. The molecular weight excluding hydrogens is 334 g/mol. The Bertz CT molecular complexity index is 1110. The smallest absolute Gasteiger partial charge is 0.264 e. The minimum Gasteiger partial charge on any atom is -0.322 e. The fourth-order valence-corrected chi connectivity index (χ4v) is 2.62. The molecule has 9 heteroatoms. The largest absolute Gasteiger partial charge is 0.322 e. The number of hydrogen-bond donors (Lipinski definition) is 4. The summed E-state index contributed by atoms with van der Waals surface area (Å²) in [5.41, 5.74) is 3.55. The minimum atomic E-state index is -0.290. The lowest BCUT2D eigenvalue weighted by Crippen LogP contribution is -2.12. The number of H-pyrrole nitrogens is 3. The molecule has 0 fully saturated rings. The van der Waals surface area contributed by atoms with Crippen LogP contribution in [0.4, 0.5) is 5.69 Å². The third kappa shape index (κ3) is 2.93. The standard InChI is InChI=1S/C17H15N7O2/c1-24-7-6-13(23-24)16-12(9-18-22-16)17(26)19-11-4-2-10(3-5-11)14-8-15(25)21-20-14/h2-9H,1H3,(H,18,22)(H,19,26)(H2,20,21,25). The van der Waals surface area contributed by atoms with E-state index >= 15 is 0 Å². The van der Waals surface area contributed by atoms with Gasteiger partial charge in [0.1, 0.15) is 5.69 Å². The van der Waals surface area contributed by atoms with Crippen LogP contribution in [0.25, 0.3) is 22.6 Å². The quantitative estimate of drug-likeness (QED) is 0.448. The molecule has 3 aromatic heterocycles. The number of aromatic amines is 3. The van der Waals surface area contributed by atoms with Crippen LogP contribution in [0.15, 0.2) is 53.6 Å². The SMILES string of the molecule is Cn1ccc(-c2[nH]ncc2C(=O)Nc2ccc(-c3cc(=O)[nH][nH]3)cc2)n1. The predicted molar refractivity (Wildman–Crippen MR) is 95.6 cm³/mol. The molecule has 3 heterocycles. The molecule has 0 radical (unpaired) electrons. The van der Waals surface area contributed by atoms with E-state index < -0.39 is 0 Å². The molecule has 0 bridgehead atoms. The Morgan fingerprint density at radius 2 is 1.96 bits per heavy atom. The molecule has 26 heavy (non-hydrogen) atoms. The molecule has 0 atom stereocenters. The van der Waals surface area contributed by atoms with Crippen molar-refractivity contribution in [3.8, 4) is 22.6 Å². The molecule has 0 spiro atoms. The first-order valence-corrected chi connectivity index (χ1v) is 7.83. The van der Waals surface area contributed by atoms with Gasteiger partial charge in [0, 0.05) is 25.0 Å². The fraction of sp³-hybridized carbons (Fsp3) is 0.0588. The number of carbonyl (C=O) groups is 1. The summed E-state index contributed by atoms with van der Waals surface area (Å²) in [6.07, 6.45) is 3.26. The van der Waals surface area contributed by atoms with Gasteiger partial charge in [-0.05, 0) is 23.8 Å². The number of nitrogens with one attached hydrogen (secondary N) is 4. The first-order chi connectivity index (χ1) is 12.6. The van der Waals surface area contributed by atoms with Crippen molar-refractivity contribution < 1.29 is 4.79 Å². The predicted octanol–water partition coefficient (Wildman–Crippen LogP) is 1.75. The van der Waals surface area contributed by atoms with Gasteiger partial charge in [-0.2, -0.15) is 10.2 Å². The maximum atomic E-state index is 12.6. The summed E-state index contributed by atoms with van der Waals surface area (Å²) in [7, 11) is 1.80. The first-order valence-electron chi connectivity index (χ1n) is 7.83. The topological polar surface area (TPSA) is 124 Å². The lowest BCUT2D eigenvalue weighted by atomic mass is 10.1. The molecule has 0 aliphatic carbocycles. The van der Waals surface area contributed by atoms with Gasteiger partial charge in [0.05, 0.1) is 23.1 Å². The maximum absolute atomic E-state index is 12.6. The number of benzene rings is 1. The molecule has 4 rings (SSSR count). The van der Waals surface area contributed by atoms with Crippen molar-refractivity contribution in [1.82, 2.24) is 30.2 Å². The van der Waals surface area contributed by atoms with Crippen LogP contribution in [-0.4, -0.2) is 36.1 Å². The van der Waals surface area contributed by atoms with E-state index in [4.69, 9.17) is 0 Å². The van der Waals surface area contributed by atoms with Crippen LogP contribution in [0, 0.1) is 0 Å². The summed E-state index contributed by atoms with van der Waals surface area (Å²) in [5, 5.41) is 19.2.